The van der Waals surface area contributed by atoms with E-state index >= 15 is 0 Å². The SMILES string of the molecule is CCCCC(=O)Nc1ccc2nc(SCc3cc(=O)n4nc(C(C)C)sc4n3)sc2c1. The van der Waals surface area contributed by atoms with E-state index < -0.39 is 0 Å². The number of unbranched alkanes of at least 4 members (excludes halogenated alkanes) is 1. The summed E-state index contributed by atoms with van der Waals surface area (Å²) >= 11 is 4.58. The molecule has 4 aromatic rings. The largest absolute Gasteiger partial charge is 0.326 e. The van der Waals surface area contributed by atoms with E-state index in [4.69, 9.17) is 0 Å². The molecule has 1 aromatic carbocycles. The Labute approximate surface area is 191 Å². The number of carbonyl (C=O) groups excluding carboxylic acids is 1. The first-order valence-electron chi connectivity index (χ1n) is 10.2. The number of amides is 1. The van der Waals surface area contributed by atoms with E-state index in [2.05, 4.69) is 41.2 Å². The van der Waals surface area contributed by atoms with E-state index in [0.29, 0.717) is 17.1 Å². The third-order valence-electron chi connectivity index (χ3n) is 4.56. The van der Waals surface area contributed by atoms with Gasteiger partial charge in [-0.25, -0.2) is 9.97 Å². The quantitative estimate of drug-likeness (QED) is 0.349. The monoisotopic (exact) mass is 473 g/mol. The predicted octanol–water partition coefficient (Wildman–Crippen LogP) is 5.31. The number of nitrogens with one attached hydrogen (secondary N) is 1. The number of hydrogen-bond donors (Lipinski definition) is 1. The van der Waals surface area contributed by atoms with Gasteiger partial charge in [-0.15, -0.1) is 11.3 Å². The number of thiazole rings is 1. The minimum Gasteiger partial charge on any atom is -0.326 e. The molecule has 4 rings (SSSR count). The van der Waals surface area contributed by atoms with Crippen molar-refractivity contribution in [3.05, 3.63) is 45.3 Å². The van der Waals surface area contributed by atoms with Gasteiger partial charge in [-0.1, -0.05) is 50.3 Å². The fourth-order valence-electron chi connectivity index (χ4n) is 2.92. The fraction of sp³-hybridized carbons (Fsp3) is 0.381. The first kappa shape index (κ1) is 21.9. The molecular weight excluding hydrogens is 450 g/mol. The van der Waals surface area contributed by atoms with Gasteiger partial charge < -0.3 is 5.32 Å². The van der Waals surface area contributed by atoms with E-state index in [-0.39, 0.29) is 17.4 Å². The molecule has 0 aliphatic rings. The van der Waals surface area contributed by atoms with Crippen LogP contribution in [0.5, 0.6) is 0 Å². The number of fused-ring (bicyclic) bond motifs is 2. The van der Waals surface area contributed by atoms with Gasteiger partial charge in [0.05, 0.1) is 15.9 Å². The molecule has 0 radical (unpaired) electrons. The Morgan fingerprint density at radius 2 is 2.06 bits per heavy atom. The summed E-state index contributed by atoms with van der Waals surface area (Å²) in [6.07, 6.45) is 2.42. The van der Waals surface area contributed by atoms with Crippen LogP contribution in [0.4, 0.5) is 5.69 Å². The van der Waals surface area contributed by atoms with Gasteiger partial charge in [0.1, 0.15) is 5.01 Å². The molecule has 3 heterocycles. The lowest BCUT2D eigenvalue weighted by molar-refractivity contribution is -0.116. The van der Waals surface area contributed by atoms with Gasteiger partial charge in [-0.05, 0) is 24.6 Å². The van der Waals surface area contributed by atoms with Crippen LogP contribution in [0.1, 0.15) is 56.7 Å². The molecule has 1 N–H and O–H groups in total. The number of anilines is 1. The number of thioether (sulfide) groups is 1. The van der Waals surface area contributed by atoms with Gasteiger partial charge in [-0.3, -0.25) is 9.59 Å². The molecule has 0 fully saturated rings. The predicted molar refractivity (Wildman–Crippen MR) is 129 cm³/mol. The number of aromatic nitrogens is 4. The van der Waals surface area contributed by atoms with Crippen LogP contribution in [0.25, 0.3) is 15.2 Å². The van der Waals surface area contributed by atoms with Crippen molar-refractivity contribution in [3.63, 3.8) is 0 Å². The maximum atomic E-state index is 12.4. The Kier molecular flexibility index (Phi) is 6.68. The van der Waals surface area contributed by atoms with Gasteiger partial charge in [0.25, 0.3) is 5.56 Å². The Bertz CT molecular complexity index is 1290. The average molecular weight is 474 g/mol. The Morgan fingerprint density at radius 1 is 1.23 bits per heavy atom. The molecule has 0 bridgehead atoms. The topological polar surface area (TPSA) is 89.2 Å². The highest BCUT2D eigenvalue weighted by Crippen LogP contribution is 2.33. The van der Waals surface area contributed by atoms with Gasteiger partial charge in [0.15, 0.2) is 4.34 Å². The van der Waals surface area contributed by atoms with Gasteiger partial charge >= 0.3 is 0 Å². The molecule has 0 spiro atoms. The lowest BCUT2D eigenvalue weighted by atomic mass is 10.2. The van der Waals surface area contributed by atoms with E-state index in [1.807, 2.05) is 18.2 Å². The fourth-order valence-corrected chi connectivity index (χ4v) is 5.84. The highest BCUT2D eigenvalue weighted by Gasteiger charge is 2.13. The second-order valence-electron chi connectivity index (χ2n) is 7.48. The van der Waals surface area contributed by atoms with Crippen LogP contribution in [-0.4, -0.2) is 25.5 Å². The van der Waals surface area contributed by atoms with Crippen molar-refractivity contribution in [1.82, 2.24) is 19.6 Å². The molecule has 0 aliphatic heterocycles. The Morgan fingerprint density at radius 3 is 2.84 bits per heavy atom. The van der Waals surface area contributed by atoms with Crippen LogP contribution in [0.15, 0.2) is 33.4 Å². The minimum atomic E-state index is -0.156. The number of benzene rings is 1. The standard InChI is InChI=1S/C21H23N5O2S3/c1-4-5-6-17(27)22-13-7-8-15-16(9-13)30-21(24-15)29-11-14-10-18(28)26-20(23-14)31-19(25-26)12(2)3/h7-10,12H,4-6,11H2,1-3H3,(H,22,27). The highest BCUT2D eigenvalue weighted by molar-refractivity contribution is 8.00. The van der Waals surface area contributed by atoms with E-state index in [0.717, 1.165) is 43.8 Å². The van der Waals surface area contributed by atoms with Gasteiger partial charge in [0.2, 0.25) is 10.9 Å². The molecule has 10 heteroatoms. The molecule has 1 amide bonds. The summed E-state index contributed by atoms with van der Waals surface area (Å²) in [5.41, 5.74) is 2.25. The zero-order valence-electron chi connectivity index (χ0n) is 17.5. The zero-order valence-corrected chi connectivity index (χ0v) is 20.0. The summed E-state index contributed by atoms with van der Waals surface area (Å²) in [4.78, 5) is 34.2. The smallest absolute Gasteiger partial charge is 0.275 e. The van der Waals surface area contributed by atoms with Crippen molar-refractivity contribution in [3.8, 4) is 0 Å². The third-order valence-corrected chi connectivity index (χ3v) is 7.96. The maximum absolute atomic E-state index is 12.4. The summed E-state index contributed by atoms with van der Waals surface area (Å²) in [5, 5.41) is 8.21. The summed E-state index contributed by atoms with van der Waals surface area (Å²) in [6, 6.07) is 7.31. The van der Waals surface area contributed by atoms with Crippen molar-refractivity contribution >= 4 is 61.2 Å². The lowest BCUT2D eigenvalue weighted by Gasteiger charge is -2.04. The second kappa shape index (κ2) is 9.46. The summed E-state index contributed by atoms with van der Waals surface area (Å²) in [5.74, 6) is 0.853. The average Bonchev–Trinajstić information content (AvgIpc) is 3.34. The van der Waals surface area contributed by atoms with Crippen LogP contribution in [0.3, 0.4) is 0 Å². The molecule has 0 saturated heterocycles. The van der Waals surface area contributed by atoms with Crippen LogP contribution in [0.2, 0.25) is 0 Å². The van der Waals surface area contributed by atoms with Crippen LogP contribution in [-0.2, 0) is 10.5 Å². The second-order valence-corrected chi connectivity index (χ2v) is 10.7. The molecule has 0 atom stereocenters. The summed E-state index contributed by atoms with van der Waals surface area (Å²) < 4.78 is 3.30. The van der Waals surface area contributed by atoms with Crippen LogP contribution in [0, 0.1) is 0 Å². The minimum absolute atomic E-state index is 0.0387. The van der Waals surface area contributed by atoms with Crippen molar-refractivity contribution in [2.24, 2.45) is 0 Å². The maximum Gasteiger partial charge on any atom is 0.275 e. The molecule has 7 nitrogen and oxygen atoms in total. The van der Waals surface area contributed by atoms with Crippen molar-refractivity contribution in [2.45, 2.75) is 56.0 Å². The summed E-state index contributed by atoms with van der Waals surface area (Å²) in [7, 11) is 0. The molecule has 0 unspecified atom stereocenters. The number of rotatable bonds is 8. The van der Waals surface area contributed by atoms with E-state index in [1.165, 1.54) is 15.9 Å². The van der Waals surface area contributed by atoms with Gasteiger partial charge in [-0.2, -0.15) is 9.61 Å². The van der Waals surface area contributed by atoms with E-state index in [9.17, 15) is 9.59 Å². The number of nitrogens with zero attached hydrogens (tertiary/aromatic N) is 4. The number of hydrogen-bond acceptors (Lipinski definition) is 8. The Balaban J connectivity index is 1.47. The first-order chi connectivity index (χ1) is 14.9. The molecule has 3 aromatic heterocycles. The molecule has 162 valence electrons. The normalized spacial score (nSPS) is 11.6. The molecular formula is C21H23N5O2S3. The van der Waals surface area contributed by atoms with Crippen molar-refractivity contribution < 1.29 is 4.79 Å². The molecule has 0 saturated carbocycles. The van der Waals surface area contributed by atoms with Crippen LogP contribution < -0.4 is 10.9 Å². The van der Waals surface area contributed by atoms with Gasteiger partial charge in [0, 0.05) is 29.8 Å². The van der Waals surface area contributed by atoms with Crippen molar-refractivity contribution in [1.29, 1.82) is 0 Å². The first-order valence-corrected chi connectivity index (χ1v) is 12.8. The highest BCUT2D eigenvalue weighted by atomic mass is 32.2. The van der Waals surface area contributed by atoms with E-state index in [1.54, 1.807) is 29.2 Å². The third kappa shape index (κ3) is 5.13. The molecule has 31 heavy (non-hydrogen) atoms. The zero-order chi connectivity index (χ0) is 22.0. The summed E-state index contributed by atoms with van der Waals surface area (Å²) in [6.45, 7) is 6.17. The number of carbonyl (C=O) groups is 1. The molecule has 0 aliphatic carbocycles. The van der Waals surface area contributed by atoms with Crippen molar-refractivity contribution in [2.75, 3.05) is 5.32 Å². The van der Waals surface area contributed by atoms with Crippen LogP contribution >= 0.6 is 34.4 Å². The Hall–Kier alpha value is -2.30. The lowest BCUT2D eigenvalue weighted by Crippen LogP contribution is -2.15.